The first-order valence-corrected chi connectivity index (χ1v) is 6.74. The molecule has 0 unspecified atom stereocenters. The van der Waals surface area contributed by atoms with Gasteiger partial charge in [-0.05, 0) is 25.1 Å². The lowest BCUT2D eigenvalue weighted by Crippen LogP contribution is -1.99. The number of nitrogens with zero attached hydrogens (tertiary/aromatic N) is 1. The molecule has 0 fully saturated rings. The summed E-state index contributed by atoms with van der Waals surface area (Å²) in [5.74, 6) is 0.858. The maximum absolute atomic E-state index is 6.03. The van der Waals surface area contributed by atoms with E-state index in [0.29, 0.717) is 14.7 Å². The monoisotopic (exact) mass is 298 g/mol. The Morgan fingerprint density at radius 2 is 1.83 bits per heavy atom. The van der Waals surface area contributed by atoms with Crippen molar-refractivity contribution in [2.45, 2.75) is 20.3 Å². The second-order valence-electron chi connectivity index (χ2n) is 4.00. The minimum absolute atomic E-state index is 0.603. The highest BCUT2D eigenvalue weighted by Crippen LogP contribution is 2.28. The van der Waals surface area contributed by atoms with Crippen molar-refractivity contribution in [2.24, 2.45) is 0 Å². The van der Waals surface area contributed by atoms with Crippen LogP contribution in [0.5, 0.6) is 0 Å². The fourth-order valence-electron chi connectivity index (χ4n) is 1.73. The van der Waals surface area contributed by atoms with Crippen molar-refractivity contribution < 1.29 is 0 Å². The molecule has 0 saturated heterocycles. The molecule has 0 aliphatic carbocycles. The molecule has 0 spiro atoms. The highest BCUT2D eigenvalue weighted by atomic mass is 35.5. The summed E-state index contributed by atoms with van der Waals surface area (Å²) in [5, 5.41) is 1.21. The van der Waals surface area contributed by atoms with E-state index < -0.39 is 0 Å². The van der Waals surface area contributed by atoms with Gasteiger partial charge in [0.2, 0.25) is 0 Å². The fourth-order valence-corrected chi connectivity index (χ4v) is 2.47. The molecule has 0 saturated carbocycles. The fraction of sp³-hybridized carbons (Fsp3) is 0.231. The van der Waals surface area contributed by atoms with E-state index in [1.54, 1.807) is 6.07 Å². The molecule has 0 aliphatic rings. The number of aromatic nitrogens is 2. The van der Waals surface area contributed by atoms with Crippen molar-refractivity contribution in [1.82, 2.24) is 9.97 Å². The van der Waals surface area contributed by atoms with E-state index in [2.05, 4.69) is 9.97 Å². The Morgan fingerprint density at radius 1 is 1.22 bits per heavy atom. The number of hydrogen-bond donors (Lipinski definition) is 1. The van der Waals surface area contributed by atoms with E-state index >= 15 is 0 Å². The van der Waals surface area contributed by atoms with E-state index in [0.717, 1.165) is 29.1 Å². The Bertz CT molecular complexity index is 630. The molecule has 18 heavy (non-hydrogen) atoms. The summed E-state index contributed by atoms with van der Waals surface area (Å²) in [7, 11) is 0. The average Bonchev–Trinajstić information content (AvgIpc) is 2.31. The van der Waals surface area contributed by atoms with Crippen LogP contribution in [0.1, 0.15) is 18.3 Å². The molecule has 1 aromatic heterocycles. The smallest absolute Gasteiger partial charge is 0.133 e. The molecule has 2 rings (SSSR count). The first kappa shape index (κ1) is 13.5. The van der Waals surface area contributed by atoms with Crippen LogP contribution in [0.2, 0.25) is 10.0 Å². The van der Waals surface area contributed by atoms with Crippen LogP contribution in [0.3, 0.4) is 0 Å². The number of benzene rings is 1. The second kappa shape index (κ2) is 5.39. The number of hydrogen-bond acceptors (Lipinski definition) is 2. The minimum Gasteiger partial charge on any atom is -0.343 e. The van der Waals surface area contributed by atoms with Gasteiger partial charge in [-0.2, -0.15) is 0 Å². The van der Waals surface area contributed by atoms with Crippen molar-refractivity contribution in [3.8, 4) is 11.3 Å². The Morgan fingerprint density at radius 3 is 2.39 bits per heavy atom. The zero-order valence-corrected chi connectivity index (χ0v) is 12.4. The zero-order valence-electron chi connectivity index (χ0n) is 10.1. The Balaban J connectivity index is 2.69. The van der Waals surface area contributed by atoms with Gasteiger partial charge in [-0.15, -0.1) is 0 Å². The molecule has 1 N–H and O–H groups in total. The average molecular weight is 299 g/mol. The Hall–Kier alpha value is -0.900. The highest BCUT2D eigenvalue weighted by molar-refractivity contribution is 7.71. The molecule has 5 heteroatoms. The third kappa shape index (κ3) is 2.74. The number of aromatic amines is 1. The first-order chi connectivity index (χ1) is 8.51. The molecular weight excluding hydrogens is 287 g/mol. The summed E-state index contributed by atoms with van der Waals surface area (Å²) in [4.78, 5) is 7.59. The predicted molar refractivity (Wildman–Crippen MR) is 79.0 cm³/mol. The van der Waals surface area contributed by atoms with Crippen LogP contribution in [-0.4, -0.2) is 9.97 Å². The van der Waals surface area contributed by atoms with Gasteiger partial charge in [0.1, 0.15) is 10.5 Å². The van der Waals surface area contributed by atoms with Gasteiger partial charge in [0, 0.05) is 27.6 Å². The maximum Gasteiger partial charge on any atom is 0.133 e. The molecule has 0 atom stereocenters. The van der Waals surface area contributed by atoms with E-state index in [4.69, 9.17) is 35.4 Å². The van der Waals surface area contributed by atoms with Crippen molar-refractivity contribution >= 4 is 35.4 Å². The summed E-state index contributed by atoms with van der Waals surface area (Å²) in [6.07, 6.45) is 0.797. The lowest BCUT2D eigenvalue weighted by atomic mass is 10.1. The van der Waals surface area contributed by atoms with Crippen molar-refractivity contribution in [1.29, 1.82) is 0 Å². The minimum atomic E-state index is 0.603. The maximum atomic E-state index is 6.03. The molecule has 0 aliphatic heterocycles. The highest BCUT2D eigenvalue weighted by Gasteiger charge is 2.08. The Labute approximate surface area is 121 Å². The summed E-state index contributed by atoms with van der Waals surface area (Å²) >= 11 is 17.3. The van der Waals surface area contributed by atoms with Gasteiger partial charge < -0.3 is 4.98 Å². The number of halogens is 2. The van der Waals surface area contributed by atoms with E-state index in [9.17, 15) is 0 Å². The standard InChI is InChI=1S/C13H12Cl2N2S/c1-3-11-16-12(7(2)13(18)17-11)8-4-9(14)6-10(15)5-8/h4-6H,3H2,1-2H3,(H,16,17,18). The van der Waals surface area contributed by atoms with Crippen LogP contribution in [0.25, 0.3) is 11.3 Å². The van der Waals surface area contributed by atoms with Gasteiger partial charge in [0.15, 0.2) is 0 Å². The predicted octanol–water partition coefficient (Wildman–Crippen LogP) is 4.98. The van der Waals surface area contributed by atoms with Gasteiger partial charge in [0.25, 0.3) is 0 Å². The molecule has 1 heterocycles. The topological polar surface area (TPSA) is 28.7 Å². The Kier molecular flexibility index (Phi) is 4.05. The largest absolute Gasteiger partial charge is 0.343 e. The summed E-state index contributed by atoms with van der Waals surface area (Å²) in [5.41, 5.74) is 2.78. The van der Waals surface area contributed by atoms with E-state index in [-0.39, 0.29) is 0 Å². The molecule has 0 bridgehead atoms. The third-order valence-electron chi connectivity index (χ3n) is 2.69. The summed E-state index contributed by atoms with van der Waals surface area (Å²) < 4.78 is 0.608. The van der Waals surface area contributed by atoms with E-state index in [1.165, 1.54) is 0 Å². The molecule has 94 valence electrons. The number of nitrogens with one attached hydrogen (secondary N) is 1. The lowest BCUT2D eigenvalue weighted by molar-refractivity contribution is 0.926. The van der Waals surface area contributed by atoms with Gasteiger partial charge in [-0.3, -0.25) is 0 Å². The van der Waals surface area contributed by atoms with E-state index in [1.807, 2.05) is 26.0 Å². The SMILES string of the molecule is CCc1nc(=S)c(C)c(-c2cc(Cl)cc(Cl)c2)[nH]1. The van der Waals surface area contributed by atoms with Crippen LogP contribution >= 0.6 is 35.4 Å². The van der Waals surface area contributed by atoms with Gasteiger partial charge in [-0.25, -0.2) is 4.98 Å². The zero-order chi connectivity index (χ0) is 13.3. The number of rotatable bonds is 2. The number of H-pyrrole nitrogens is 1. The van der Waals surface area contributed by atoms with Gasteiger partial charge >= 0.3 is 0 Å². The quantitative estimate of drug-likeness (QED) is 0.792. The molecule has 0 amide bonds. The second-order valence-corrected chi connectivity index (χ2v) is 5.26. The molecule has 2 nitrogen and oxygen atoms in total. The van der Waals surface area contributed by atoms with Crippen LogP contribution in [0.15, 0.2) is 18.2 Å². The van der Waals surface area contributed by atoms with Crippen LogP contribution in [-0.2, 0) is 6.42 Å². The molecular formula is C13H12Cl2N2S. The van der Waals surface area contributed by atoms with Crippen LogP contribution in [0, 0.1) is 11.6 Å². The van der Waals surface area contributed by atoms with Crippen molar-refractivity contribution in [3.05, 3.63) is 44.3 Å². The van der Waals surface area contributed by atoms with Crippen molar-refractivity contribution in [2.75, 3.05) is 0 Å². The molecule has 2 aromatic rings. The molecule has 1 aromatic carbocycles. The van der Waals surface area contributed by atoms with Gasteiger partial charge in [-0.1, -0.05) is 42.3 Å². The van der Waals surface area contributed by atoms with Crippen LogP contribution < -0.4 is 0 Å². The summed E-state index contributed by atoms with van der Waals surface area (Å²) in [6, 6.07) is 5.43. The third-order valence-corrected chi connectivity index (χ3v) is 3.52. The van der Waals surface area contributed by atoms with Crippen molar-refractivity contribution in [3.63, 3.8) is 0 Å². The van der Waals surface area contributed by atoms with Crippen LogP contribution in [0.4, 0.5) is 0 Å². The first-order valence-electron chi connectivity index (χ1n) is 5.57. The van der Waals surface area contributed by atoms with Gasteiger partial charge in [0.05, 0.1) is 5.69 Å². The normalized spacial score (nSPS) is 10.7. The molecule has 0 radical (unpaired) electrons. The lowest BCUT2D eigenvalue weighted by Gasteiger charge is -2.09. The number of aryl methyl sites for hydroxylation is 1. The summed E-state index contributed by atoms with van der Waals surface area (Å²) in [6.45, 7) is 3.97.